The van der Waals surface area contributed by atoms with Gasteiger partial charge in [0.05, 0.1) is 17.6 Å². The molecule has 0 radical (unpaired) electrons. The molecular formula is C13H21NO4S. The molecule has 0 aliphatic heterocycles. The van der Waals surface area contributed by atoms with E-state index in [1.165, 1.54) is 16.4 Å². The lowest BCUT2D eigenvalue weighted by Gasteiger charge is -2.20. The van der Waals surface area contributed by atoms with Crippen molar-refractivity contribution in [1.82, 2.24) is 4.31 Å². The Morgan fingerprint density at radius 1 is 1.21 bits per heavy atom. The van der Waals surface area contributed by atoms with E-state index >= 15 is 0 Å². The number of aliphatic hydroxyl groups is 2. The Labute approximate surface area is 114 Å². The van der Waals surface area contributed by atoms with Crippen LogP contribution in [0.25, 0.3) is 0 Å². The SMILES string of the molecule is CCCN(CCO)S(=O)(=O)c1ccc(C(C)O)cc1. The predicted molar refractivity (Wildman–Crippen MR) is 73.2 cm³/mol. The van der Waals surface area contributed by atoms with Crippen LogP contribution in [0, 0.1) is 0 Å². The van der Waals surface area contributed by atoms with Crippen molar-refractivity contribution < 1.29 is 18.6 Å². The number of aliphatic hydroxyl groups excluding tert-OH is 2. The van der Waals surface area contributed by atoms with E-state index in [-0.39, 0.29) is 18.0 Å². The molecule has 5 nitrogen and oxygen atoms in total. The second-order valence-corrected chi connectivity index (χ2v) is 6.31. The van der Waals surface area contributed by atoms with Gasteiger partial charge in [0.15, 0.2) is 0 Å². The van der Waals surface area contributed by atoms with Gasteiger partial charge in [0.2, 0.25) is 10.0 Å². The number of benzene rings is 1. The molecule has 0 aliphatic carbocycles. The molecule has 19 heavy (non-hydrogen) atoms. The van der Waals surface area contributed by atoms with Gasteiger partial charge in [-0.2, -0.15) is 4.31 Å². The number of hydrogen-bond donors (Lipinski definition) is 2. The first-order valence-electron chi connectivity index (χ1n) is 6.32. The molecule has 108 valence electrons. The second-order valence-electron chi connectivity index (χ2n) is 4.37. The van der Waals surface area contributed by atoms with Gasteiger partial charge in [-0.15, -0.1) is 0 Å². The molecule has 6 heteroatoms. The monoisotopic (exact) mass is 287 g/mol. The molecule has 1 rings (SSSR count). The molecule has 1 aromatic carbocycles. The molecule has 0 saturated heterocycles. The molecule has 0 heterocycles. The first-order valence-corrected chi connectivity index (χ1v) is 7.76. The van der Waals surface area contributed by atoms with Crippen molar-refractivity contribution in [2.24, 2.45) is 0 Å². The summed E-state index contributed by atoms with van der Waals surface area (Å²) in [5.41, 5.74) is 0.670. The van der Waals surface area contributed by atoms with Gasteiger partial charge in [0.25, 0.3) is 0 Å². The maximum atomic E-state index is 12.3. The third-order valence-corrected chi connectivity index (χ3v) is 4.74. The Balaban J connectivity index is 3.03. The Kier molecular flexibility index (Phi) is 5.93. The summed E-state index contributed by atoms with van der Waals surface area (Å²) < 4.78 is 26.0. The van der Waals surface area contributed by atoms with Crippen molar-refractivity contribution in [3.63, 3.8) is 0 Å². The molecule has 0 saturated carbocycles. The Morgan fingerprint density at radius 3 is 2.21 bits per heavy atom. The minimum atomic E-state index is -3.58. The molecule has 1 atom stereocenters. The molecule has 0 amide bonds. The average Bonchev–Trinajstić information content (AvgIpc) is 2.38. The zero-order valence-electron chi connectivity index (χ0n) is 11.3. The van der Waals surface area contributed by atoms with Gasteiger partial charge < -0.3 is 10.2 Å². The van der Waals surface area contributed by atoms with Crippen molar-refractivity contribution in [2.75, 3.05) is 19.7 Å². The second kappa shape index (κ2) is 7.00. The highest BCUT2D eigenvalue weighted by Gasteiger charge is 2.23. The highest BCUT2D eigenvalue weighted by Crippen LogP contribution is 2.19. The first kappa shape index (κ1) is 16.1. The third kappa shape index (κ3) is 4.01. The van der Waals surface area contributed by atoms with Crippen molar-refractivity contribution in [3.8, 4) is 0 Å². The highest BCUT2D eigenvalue weighted by atomic mass is 32.2. The molecule has 1 aromatic rings. The largest absolute Gasteiger partial charge is 0.395 e. The van der Waals surface area contributed by atoms with Gasteiger partial charge in [-0.3, -0.25) is 0 Å². The Hall–Kier alpha value is -0.950. The zero-order valence-corrected chi connectivity index (χ0v) is 12.1. The smallest absolute Gasteiger partial charge is 0.243 e. The predicted octanol–water partition coefficient (Wildman–Crippen LogP) is 1.13. The summed E-state index contributed by atoms with van der Waals surface area (Å²) in [6.07, 6.45) is 0.0614. The van der Waals surface area contributed by atoms with Crippen LogP contribution in [0.4, 0.5) is 0 Å². The van der Waals surface area contributed by atoms with E-state index in [0.717, 1.165) is 0 Å². The summed E-state index contributed by atoms with van der Waals surface area (Å²) in [5, 5.41) is 18.4. The van der Waals surface area contributed by atoms with Crippen molar-refractivity contribution >= 4 is 10.0 Å². The number of sulfonamides is 1. The average molecular weight is 287 g/mol. The van der Waals surface area contributed by atoms with Crippen molar-refractivity contribution in [3.05, 3.63) is 29.8 Å². The van der Waals surface area contributed by atoms with Crippen LogP contribution in [-0.4, -0.2) is 42.6 Å². The van der Waals surface area contributed by atoms with Crippen molar-refractivity contribution in [1.29, 1.82) is 0 Å². The lowest BCUT2D eigenvalue weighted by Crippen LogP contribution is -2.34. The topological polar surface area (TPSA) is 77.8 Å². The van der Waals surface area contributed by atoms with E-state index in [1.54, 1.807) is 19.1 Å². The number of nitrogens with zero attached hydrogens (tertiary/aromatic N) is 1. The molecule has 0 aliphatic rings. The van der Waals surface area contributed by atoms with Gasteiger partial charge in [0.1, 0.15) is 0 Å². The Morgan fingerprint density at radius 2 is 1.79 bits per heavy atom. The molecule has 0 bridgehead atoms. The van der Waals surface area contributed by atoms with Crippen LogP contribution in [0.5, 0.6) is 0 Å². The van der Waals surface area contributed by atoms with E-state index in [0.29, 0.717) is 18.5 Å². The van der Waals surface area contributed by atoms with Gasteiger partial charge in [-0.05, 0) is 31.0 Å². The maximum Gasteiger partial charge on any atom is 0.243 e. The molecule has 0 fully saturated rings. The summed E-state index contributed by atoms with van der Waals surface area (Å²) in [7, 11) is -3.58. The van der Waals surface area contributed by atoms with E-state index in [1.807, 2.05) is 6.92 Å². The van der Waals surface area contributed by atoms with E-state index in [4.69, 9.17) is 5.11 Å². The van der Waals surface area contributed by atoms with E-state index in [2.05, 4.69) is 0 Å². The summed E-state index contributed by atoms with van der Waals surface area (Å²) in [6.45, 7) is 3.77. The lowest BCUT2D eigenvalue weighted by atomic mass is 10.1. The van der Waals surface area contributed by atoms with Gasteiger partial charge in [-0.25, -0.2) is 8.42 Å². The van der Waals surface area contributed by atoms with Crippen LogP contribution >= 0.6 is 0 Å². The minimum absolute atomic E-state index is 0.0916. The fourth-order valence-electron chi connectivity index (χ4n) is 1.78. The molecule has 0 spiro atoms. The Bertz CT molecular complexity index is 476. The summed E-state index contributed by atoms with van der Waals surface area (Å²) in [4.78, 5) is 0.179. The van der Waals surface area contributed by atoms with Gasteiger partial charge in [0, 0.05) is 13.1 Å². The van der Waals surface area contributed by atoms with Crippen LogP contribution < -0.4 is 0 Å². The quantitative estimate of drug-likeness (QED) is 0.788. The third-order valence-electron chi connectivity index (χ3n) is 2.82. The maximum absolute atomic E-state index is 12.3. The summed E-state index contributed by atoms with van der Waals surface area (Å²) in [6, 6.07) is 6.16. The summed E-state index contributed by atoms with van der Waals surface area (Å²) in [5.74, 6) is 0. The number of hydrogen-bond acceptors (Lipinski definition) is 4. The zero-order chi connectivity index (χ0) is 14.5. The molecule has 2 N–H and O–H groups in total. The fraction of sp³-hybridized carbons (Fsp3) is 0.538. The van der Waals surface area contributed by atoms with E-state index in [9.17, 15) is 13.5 Å². The van der Waals surface area contributed by atoms with Gasteiger partial charge >= 0.3 is 0 Å². The first-order chi connectivity index (χ1) is 8.93. The fourth-order valence-corrected chi connectivity index (χ4v) is 3.30. The molecular weight excluding hydrogens is 266 g/mol. The lowest BCUT2D eigenvalue weighted by molar-refractivity contribution is 0.199. The minimum Gasteiger partial charge on any atom is -0.395 e. The highest BCUT2D eigenvalue weighted by molar-refractivity contribution is 7.89. The molecule has 0 aromatic heterocycles. The summed E-state index contributed by atoms with van der Waals surface area (Å²) >= 11 is 0. The van der Waals surface area contributed by atoms with Crippen LogP contribution in [0.3, 0.4) is 0 Å². The number of rotatable bonds is 7. The van der Waals surface area contributed by atoms with Crippen LogP contribution in [0.15, 0.2) is 29.2 Å². The van der Waals surface area contributed by atoms with Gasteiger partial charge in [-0.1, -0.05) is 19.1 Å². The van der Waals surface area contributed by atoms with Crippen LogP contribution in [-0.2, 0) is 10.0 Å². The van der Waals surface area contributed by atoms with Crippen molar-refractivity contribution in [2.45, 2.75) is 31.3 Å². The van der Waals surface area contributed by atoms with Crippen LogP contribution in [0.1, 0.15) is 31.9 Å². The van der Waals surface area contributed by atoms with Crippen LogP contribution in [0.2, 0.25) is 0 Å². The standard InChI is InChI=1S/C13H21NO4S/c1-3-8-14(9-10-15)19(17,18)13-6-4-12(5-7-13)11(2)16/h4-7,11,15-16H,3,8-10H2,1-2H3. The normalized spacial score (nSPS) is 13.7. The van der Waals surface area contributed by atoms with E-state index < -0.39 is 16.1 Å². The molecule has 1 unspecified atom stereocenters.